The predicted octanol–water partition coefficient (Wildman–Crippen LogP) is 0.760. The zero-order chi connectivity index (χ0) is 10.0. The van der Waals surface area contributed by atoms with Crippen molar-refractivity contribution in [3.63, 3.8) is 0 Å². The van der Waals surface area contributed by atoms with Crippen LogP contribution in [0.4, 0.5) is 0 Å². The van der Waals surface area contributed by atoms with Crippen molar-refractivity contribution in [2.75, 3.05) is 0 Å². The number of carbonyl (C=O) groups is 3. The highest BCUT2D eigenvalue weighted by molar-refractivity contribution is 6.34. The lowest BCUT2D eigenvalue weighted by Gasteiger charge is -2.29. The van der Waals surface area contributed by atoms with Crippen molar-refractivity contribution in [2.24, 2.45) is 16.7 Å². The van der Waals surface area contributed by atoms with Gasteiger partial charge in [0.05, 0.1) is 5.92 Å². The summed E-state index contributed by atoms with van der Waals surface area (Å²) in [6.45, 7) is 5.07. The standard InChI is InChI=1S/C10H12O3/c1-9(2)4-5(11)6-7(12)10(6,3)8(9)13/h6H,4H2,1-3H3. The maximum Gasteiger partial charge on any atom is 0.159 e. The van der Waals surface area contributed by atoms with Gasteiger partial charge in [0, 0.05) is 11.8 Å². The molecular weight excluding hydrogens is 168 g/mol. The van der Waals surface area contributed by atoms with Gasteiger partial charge in [0.2, 0.25) is 0 Å². The first-order chi connectivity index (χ1) is 5.82. The lowest BCUT2D eigenvalue weighted by atomic mass is 9.71. The van der Waals surface area contributed by atoms with Crippen LogP contribution in [-0.2, 0) is 14.4 Å². The summed E-state index contributed by atoms with van der Waals surface area (Å²) in [5.41, 5.74) is -1.60. The maximum atomic E-state index is 11.8. The molecule has 2 saturated carbocycles. The molecule has 0 spiro atoms. The average Bonchev–Trinajstić information content (AvgIpc) is 2.52. The Hall–Kier alpha value is -0.990. The van der Waals surface area contributed by atoms with E-state index in [1.807, 2.05) is 0 Å². The van der Waals surface area contributed by atoms with Crippen molar-refractivity contribution >= 4 is 17.3 Å². The third kappa shape index (κ3) is 0.773. The fourth-order valence-electron chi connectivity index (χ4n) is 2.44. The van der Waals surface area contributed by atoms with Crippen molar-refractivity contribution < 1.29 is 14.4 Å². The van der Waals surface area contributed by atoms with Crippen LogP contribution in [0.25, 0.3) is 0 Å². The van der Waals surface area contributed by atoms with Gasteiger partial charge < -0.3 is 0 Å². The zero-order valence-electron chi connectivity index (χ0n) is 8.01. The van der Waals surface area contributed by atoms with E-state index >= 15 is 0 Å². The Morgan fingerprint density at radius 3 is 2.23 bits per heavy atom. The van der Waals surface area contributed by atoms with Gasteiger partial charge in [0.1, 0.15) is 11.2 Å². The van der Waals surface area contributed by atoms with E-state index in [9.17, 15) is 14.4 Å². The molecule has 0 amide bonds. The van der Waals surface area contributed by atoms with Gasteiger partial charge >= 0.3 is 0 Å². The lowest BCUT2D eigenvalue weighted by Crippen LogP contribution is -2.39. The monoisotopic (exact) mass is 180 g/mol. The normalized spacial score (nSPS) is 41.8. The quantitative estimate of drug-likeness (QED) is 0.517. The summed E-state index contributed by atoms with van der Waals surface area (Å²) in [5, 5.41) is 0. The molecule has 13 heavy (non-hydrogen) atoms. The van der Waals surface area contributed by atoms with Gasteiger partial charge in [-0.3, -0.25) is 14.4 Å². The number of hydrogen-bond acceptors (Lipinski definition) is 3. The molecule has 0 aromatic rings. The number of rotatable bonds is 0. The van der Waals surface area contributed by atoms with Crippen LogP contribution < -0.4 is 0 Å². The van der Waals surface area contributed by atoms with E-state index < -0.39 is 16.7 Å². The summed E-state index contributed by atoms with van der Waals surface area (Å²) >= 11 is 0. The molecule has 0 aliphatic heterocycles. The smallest absolute Gasteiger partial charge is 0.159 e. The minimum absolute atomic E-state index is 0.0582. The number of hydrogen-bond donors (Lipinski definition) is 0. The molecule has 2 fully saturated rings. The van der Waals surface area contributed by atoms with Gasteiger partial charge in [0.25, 0.3) is 0 Å². The van der Waals surface area contributed by atoms with Gasteiger partial charge in [-0.25, -0.2) is 0 Å². The van der Waals surface area contributed by atoms with E-state index in [1.54, 1.807) is 20.8 Å². The van der Waals surface area contributed by atoms with Crippen molar-refractivity contribution in [2.45, 2.75) is 27.2 Å². The maximum absolute atomic E-state index is 11.8. The number of carbonyl (C=O) groups excluding carboxylic acids is 3. The summed E-state index contributed by atoms with van der Waals surface area (Å²) < 4.78 is 0. The summed E-state index contributed by atoms with van der Waals surface area (Å²) in [6.07, 6.45) is 0.220. The second-order valence-electron chi connectivity index (χ2n) is 4.86. The summed E-state index contributed by atoms with van der Waals surface area (Å²) in [6, 6.07) is 0. The van der Waals surface area contributed by atoms with Crippen LogP contribution in [0, 0.1) is 16.7 Å². The first kappa shape index (κ1) is 8.60. The average molecular weight is 180 g/mol. The van der Waals surface area contributed by atoms with Crippen molar-refractivity contribution in [3.8, 4) is 0 Å². The van der Waals surface area contributed by atoms with Crippen LogP contribution in [-0.4, -0.2) is 17.3 Å². The molecule has 2 rings (SSSR count). The molecule has 0 radical (unpaired) electrons. The topological polar surface area (TPSA) is 51.2 Å². The fourth-order valence-corrected chi connectivity index (χ4v) is 2.44. The molecule has 3 heteroatoms. The molecule has 0 aromatic heterocycles. The van der Waals surface area contributed by atoms with E-state index in [-0.39, 0.29) is 23.8 Å². The molecule has 2 unspecified atom stereocenters. The highest BCUT2D eigenvalue weighted by Crippen LogP contribution is 2.57. The Bertz CT molecular complexity index is 340. The van der Waals surface area contributed by atoms with Crippen LogP contribution >= 0.6 is 0 Å². The van der Waals surface area contributed by atoms with Crippen LogP contribution in [0.15, 0.2) is 0 Å². The summed E-state index contributed by atoms with van der Waals surface area (Å²) in [4.78, 5) is 34.5. The highest BCUT2D eigenvalue weighted by Gasteiger charge is 2.74. The SMILES string of the molecule is CC1(C)CC(=O)C2C(=O)C2(C)C1=O. The Balaban J connectivity index is 2.47. The van der Waals surface area contributed by atoms with E-state index in [0.717, 1.165) is 0 Å². The Morgan fingerprint density at radius 2 is 1.69 bits per heavy atom. The molecule has 2 atom stereocenters. The Morgan fingerprint density at radius 1 is 1.15 bits per heavy atom. The van der Waals surface area contributed by atoms with Crippen molar-refractivity contribution in [1.29, 1.82) is 0 Å². The molecule has 70 valence electrons. The predicted molar refractivity (Wildman–Crippen MR) is 45.0 cm³/mol. The van der Waals surface area contributed by atoms with Gasteiger partial charge in [-0.1, -0.05) is 13.8 Å². The van der Waals surface area contributed by atoms with Crippen LogP contribution in [0.3, 0.4) is 0 Å². The molecule has 0 N–H and O–H groups in total. The largest absolute Gasteiger partial charge is 0.299 e. The first-order valence-corrected chi connectivity index (χ1v) is 4.44. The third-order valence-corrected chi connectivity index (χ3v) is 3.29. The molecule has 0 saturated heterocycles. The fraction of sp³-hybridized carbons (Fsp3) is 0.700. The number of fused-ring (bicyclic) bond motifs is 1. The zero-order valence-corrected chi connectivity index (χ0v) is 8.01. The van der Waals surface area contributed by atoms with E-state index in [4.69, 9.17) is 0 Å². The summed E-state index contributed by atoms with van der Waals surface area (Å²) in [7, 11) is 0. The van der Waals surface area contributed by atoms with E-state index in [0.29, 0.717) is 0 Å². The lowest BCUT2D eigenvalue weighted by molar-refractivity contribution is -0.142. The Labute approximate surface area is 76.5 Å². The highest BCUT2D eigenvalue weighted by atomic mass is 16.2. The Kier molecular flexibility index (Phi) is 1.27. The molecule has 2 aliphatic carbocycles. The number of Topliss-reactive ketones (excluding diaryl/α,β-unsaturated/α-hetero) is 3. The summed E-state index contributed by atoms with van der Waals surface area (Å²) in [5.74, 6) is -0.896. The van der Waals surface area contributed by atoms with Gasteiger partial charge in [0.15, 0.2) is 11.6 Å². The van der Waals surface area contributed by atoms with Crippen molar-refractivity contribution in [3.05, 3.63) is 0 Å². The van der Waals surface area contributed by atoms with E-state index in [1.165, 1.54) is 0 Å². The van der Waals surface area contributed by atoms with Crippen LogP contribution in [0.2, 0.25) is 0 Å². The van der Waals surface area contributed by atoms with Crippen molar-refractivity contribution in [1.82, 2.24) is 0 Å². The van der Waals surface area contributed by atoms with E-state index in [2.05, 4.69) is 0 Å². The van der Waals surface area contributed by atoms with Crippen LogP contribution in [0.5, 0.6) is 0 Å². The number of ketones is 3. The molecule has 0 aromatic carbocycles. The second kappa shape index (κ2) is 1.91. The molecule has 0 heterocycles. The molecule has 2 aliphatic rings. The molecular formula is C10H12O3. The molecule has 3 nitrogen and oxygen atoms in total. The molecule has 0 bridgehead atoms. The third-order valence-electron chi connectivity index (χ3n) is 3.29. The minimum atomic E-state index is -0.959. The van der Waals surface area contributed by atoms with Gasteiger partial charge in [-0.2, -0.15) is 0 Å². The first-order valence-electron chi connectivity index (χ1n) is 4.44. The second-order valence-corrected chi connectivity index (χ2v) is 4.86. The van der Waals surface area contributed by atoms with Gasteiger partial charge in [-0.05, 0) is 6.92 Å². The van der Waals surface area contributed by atoms with Crippen LogP contribution in [0.1, 0.15) is 27.2 Å². The minimum Gasteiger partial charge on any atom is -0.299 e. The van der Waals surface area contributed by atoms with Gasteiger partial charge in [-0.15, -0.1) is 0 Å².